The van der Waals surface area contributed by atoms with Crippen molar-refractivity contribution in [3.05, 3.63) is 80.7 Å². The Morgan fingerprint density at radius 2 is 1.93 bits per heavy atom. The quantitative estimate of drug-likeness (QED) is 0.496. The Morgan fingerprint density at radius 1 is 1.15 bits per heavy atom. The second-order valence-electron chi connectivity index (χ2n) is 6.47. The van der Waals surface area contributed by atoms with Gasteiger partial charge in [-0.05, 0) is 42.7 Å². The molecule has 1 aromatic heterocycles. The van der Waals surface area contributed by atoms with Crippen molar-refractivity contribution in [1.29, 1.82) is 0 Å². The van der Waals surface area contributed by atoms with Crippen LogP contribution in [0.1, 0.15) is 32.6 Å². The highest BCUT2D eigenvalue weighted by molar-refractivity contribution is 7.83. The Bertz CT molecular complexity index is 1100. The van der Waals surface area contributed by atoms with Crippen LogP contribution in [0, 0.1) is 13.8 Å². The zero-order chi connectivity index (χ0) is 19.6. The van der Waals surface area contributed by atoms with Crippen LogP contribution in [0.4, 0.5) is 0 Å². The number of hydrogen-bond donors (Lipinski definition) is 0. The first-order valence-electron chi connectivity index (χ1n) is 8.44. The Labute approximate surface area is 159 Å². The van der Waals surface area contributed by atoms with Crippen molar-refractivity contribution in [2.24, 2.45) is 0 Å². The van der Waals surface area contributed by atoms with Gasteiger partial charge in [-0.2, -0.15) is 0 Å². The van der Waals surface area contributed by atoms with Crippen LogP contribution >= 0.6 is 0 Å². The number of benzene rings is 2. The molecule has 0 saturated carbocycles. The van der Waals surface area contributed by atoms with Gasteiger partial charge in [0.2, 0.25) is 0 Å². The van der Waals surface area contributed by atoms with E-state index in [0.717, 1.165) is 22.1 Å². The lowest BCUT2D eigenvalue weighted by atomic mass is 10.0. The molecule has 27 heavy (non-hydrogen) atoms. The van der Waals surface area contributed by atoms with Gasteiger partial charge >= 0.3 is 11.6 Å². The van der Waals surface area contributed by atoms with Crippen molar-refractivity contribution < 1.29 is 18.2 Å². The highest BCUT2D eigenvalue weighted by atomic mass is 32.2. The van der Waals surface area contributed by atoms with Crippen molar-refractivity contribution >= 4 is 27.7 Å². The molecule has 0 fully saturated rings. The fourth-order valence-electron chi connectivity index (χ4n) is 2.89. The van der Waals surface area contributed by atoms with Crippen LogP contribution in [0.25, 0.3) is 11.0 Å². The summed E-state index contributed by atoms with van der Waals surface area (Å²) in [5.41, 5.74) is 3.74. The lowest BCUT2D eigenvalue weighted by Gasteiger charge is -2.10. The zero-order valence-corrected chi connectivity index (χ0v) is 16.2. The van der Waals surface area contributed by atoms with Crippen LogP contribution < -0.4 is 5.63 Å². The fraction of sp³-hybridized carbons (Fsp3) is 0.238. The molecule has 0 bridgehead atoms. The third-order valence-corrected chi connectivity index (χ3v) is 5.15. The normalized spacial score (nSPS) is 12.1. The van der Waals surface area contributed by atoms with E-state index in [1.54, 1.807) is 24.5 Å². The summed E-state index contributed by atoms with van der Waals surface area (Å²) in [5, 5.41) is 0.751. The number of fused-ring (bicyclic) bond motifs is 1. The SMILES string of the molecule is Cc1ccc2c(COC(=O)c3cccc(C[S@@](C)=O)c3)cc(=O)oc2c1C. The second-order valence-corrected chi connectivity index (χ2v) is 7.90. The van der Waals surface area contributed by atoms with E-state index in [9.17, 15) is 13.8 Å². The molecule has 6 heteroatoms. The molecule has 5 nitrogen and oxygen atoms in total. The molecule has 1 atom stereocenters. The average molecular weight is 384 g/mol. The minimum atomic E-state index is -0.991. The number of ether oxygens (including phenoxy) is 1. The number of rotatable bonds is 5. The van der Waals surface area contributed by atoms with Gasteiger partial charge in [0, 0.05) is 39.8 Å². The number of carbonyl (C=O) groups is 1. The summed E-state index contributed by atoms with van der Waals surface area (Å²) in [6, 6.07) is 12.0. The number of carbonyl (C=O) groups excluding carboxylic acids is 1. The highest BCUT2D eigenvalue weighted by Crippen LogP contribution is 2.24. The molecule has 0 aliphatic heterocycles. The molecule has 3 rings (SSSR count). The van der Waals surface area contributed by atoms with Crippen molar-refractivity contribution in [2.75, 3.05) is 6.26 Å². The van der Waals surface area contributed by atoms with Crippen molar-refractivity contribution in [3.63, 3.8) is 0 Å². The van der Waals surface area contributed by atoms with E-state index >= 15 is 0 Å². The van der Waals surface area contributed by atoms with Crippen LogP contribution in [-0.4, -0.2) is 16.4 Å². The molecular formula is C21H20O5S. The summed E-state index contributed by atoms with van der Waals surface area (Å²) in [6.07, 6.45) is 1.61. The Balaban J connectivity index is 1.85. The highest BCUT2D eigenvalue weighted by Gasteiger charge is 2.13. The molecule has 0 radical (unpaired) electrons. The summed E-state index contributed by atoms with van der Waals surface area (Å²) >= 11 is 0. The van der Waals surface area contributed by atoms with Crippen LogP contribution in [-0.2, 0) is 27.9 Å². The van der Waals surface area contributed by atoms with Gasteiger partial charge in [-0.15, -0.1) is 0 Å². The number of esters is 1. The first-order chi connectivity index (χ1) is 12.8. The Hall–Kier alpha value is -2.73. The maximum atomic E-state index is 12.4. The topological polar surface area (TPSA) is 73.6 Å². The molecular weight excluding hydrogens is 364 g/mol. The molecule has 0 spiro atoms. The maximum absolute atomic E-state index is 12.4. The summed E-state index contributed by atoms with van der Waals surface area (Å²) in [7, 11) is -0.991. The van der Waals surface area contributed by atoms with Gasteiger partial charge in [0.05, 0.1) is 5.56 Å². The van der Waals surface area contributed by atoms with Crippen molar-refractivity contribution in [3.8, 4) is 0 Å². The van der Waals surface area contributed by atoms with E-state index < -0.39 is 22.4 Å². The van der Waals surface area contributed by atoms with E-state index in [0.29, 0.717) is 22.5 Å². The van der Waals surface area contributed by atoms with Crippen LogP contribution in [0.3, 0.4) is 0 Å². The molecule has 0 unspecified atom stereocenters. The Kier molecular flexibility index (Phi) is 5.56. The van der Waals surface area contributed by atoms with Crippen LogP contribution in [0.5, 0.6) is 0 Å². The molecule has 0 aliphatic carbocycles. The molecule has 0 amide bonds. The molecule has 3 aromatic rings. The Morgan fingerprint density at radius 3 is 2.67 bits per heavy atom. The average Bonchev–Trinajstić information content (AvgIpc) is 2.62. The van der Waals surface area contributed by atoms with Gasteiger partial charge in [0.25, 0.3) is 0 Å². The molecule has 1 heterocycles. The van der Waals surface area contributed by atoms with E-state index in [2.05, 4.69) is 0 Å². The van der Waals surface area contributed by atoms with Gasteiger partial charge in [-0.1, -0.05) is 24.3 Å². The summed E-state index contributed by atoms with van der Waals surface area (Å²) in [6.45, 7) is 3.80. The monoisotopic (exact) mass is 384 g/mol. The molecule has 0 saturated heterocycles. The molecule has 0 N–H and O–H groups in total. The van der Waals surface area contributed by atoms with E-state index in [4.69, 9.17) is 9.15 Å². The lowest BCUT2D eigenvalue weighted by molar-refractivity contribution is 0.0473. The van der Waals surface area contributed by atoms with Gasteiger partial charge in [-0.25, -0.2) is 9.59 Å². The molecule has 2 aromatic carbocycles. The van der Waals surface area contributed by atoms with E-state index in [1.165, 1.54) is 6.07 Å². The van der Waals surface area contributed by atoms with Gasteiger partial charge < -0.3 is 9.15 Å². The summed E-state index contributed by atoms with van der Waals surface area (Å²) < 4.78 is 22.1. The zero-order valence-electron chi connectivity index (χ0n) is 15.4. The van der Waals surface area contributed by atoms with Crippen molar-refractivity contribution in [1.82, 2.24) is 0 Å². The van der Waals surface area contributed by atoms with Crippen molar-refractivity contribution in [2.45, 2.75) is 26.2 Å². The van der Waals surface area contributed by atoms with Crippen LogP contribution in [0.2, 0.25) is 0 Å². The minimum Gasteiger partial charge on any atom is -0.457 e. The van der Waals surface area contributed by atoms with Gasteiger partial charge in [-0.3, -0.25) is 4.21 Å². The predicted molar refractivity (Wildman–Crippen MR) is 105 cm³/mol. The standard InChI is InChI=1S/C21H20O5S/c1-13-7-8-18-17(10-19(22)26-20(18)14(13)2)11-25-21(23)16-6-4-5-15(9-16)12-27(3)24/h4-10H,11-12H2,1-3H3/t27-/m1/s1. The van der Waals surface area contributed by atoms with E-state index in [-0.39, 0.29) is 6.61 Å². The first-order valence-corrected chi connectivity index (χ1v) is 10.2. The van der Waals surface area contributed by atoms with E-state index in [1.807, 2.05) is 32.0 Å². The summed E-state index contributed by atoms with van der Waals surface area (Å²) in [4.78, 5) is 24.3. The fourth-order valence-corrected chi connectivity index (χ4v) is 3.54. The minimum absolute atomic E-state index is 0.0344. The maximum Gasteiger partial charge on any atom is 0.338 e. The predicted octanol–water partition coefficient (Wildman–Crippen LogP) is 3.65. The first kappa shape index (κ1) is 19.0. The molecule has 0 aliphatic rings. The third-order valence-electron chi connectivity index (χ3n) is 4.41. The third kappa shape index (κ3) is 4.34. The summed E-state index contributed by atoms with van der Waals surface area (Å²) in [5.74, 6) is -0.117. The van der Waals surface area contributed by atoms with Gasteiger partial charge in [0.15, 0.2) is 0 Å². The second kappa shape index (κ2) is 7.88. The van der Waals surface area contributed by atoms with Crippen LogP contribution in [0.15, 0.2) is 51.7 Å². The number of aryl methyl sites for hydroxylation is 2. The van der Waals surface area contributed by atoms with Gasteiger partial charge in [0.1, 0.15) is 12.2 Å². The largest absolute Gasteiger partial charge is 0.457 e. The number of hydrogen-bond acceptors (Lipinski definition) is 5. The smallest absolute Gasteiger partial charge is 0.338 e. The molecule has 140 valence electrons. The lowest BCUT2D eigenvalue weighted by Crippen LogP contribution is -2.09.